The summed E-state index contributed by atoms with van der Waals surface area (Å²) in [6.07, 6.45) is -1.41. The van der Waals surface area contributed by atoms with Crippen LogP contribution in [0.1, 0.15) is 31.2 Å². The van der Waals surface area contributed by atoms with E-state index in [0.717, 1.165) is 11.4 Å². The Morgan fingerprint density at radius 1 is 1.24 bits per heavy atom. The normalized spacial score (nSPS) is 24.7. The number of hydrogen-bond donors (Lipinski definition) is 2. The fourth-order valence-electron chi connectivity index (χ4n) is 1.95. The summed E-state index contributed by atoms with van der Waals surface area (Å²) in [6, 6.07) is 1.97. The maximum Gasteiger partial charge on any atom is 0.225 e. The number of aryl methyl sites for hydroxylation is 1. The van der Waals surface area contributed by atoms with Gasteiger partial charge in [-0.3, -0.25) is 0 Å². The van der Waals surface area contributed by atoms with E-state index in [9.17, 15) is 10.2 Å². The van der Waals surface area contributed by atoms with Gasteiger partial charge in [-0.05, 0) is 18.9 Å². The predicted octanol–water partition coefficient (Wildman–Crippen LogP) is 0.450. The highest BCUT2D eigenvalue weighted by Gasteiger charge is 2.31. The predicted molar refractivity (Wildman–Crippen MR) is 65.1 cm³/mol. The fourth-order valence-corrected chi connectivity index (χ4v) is 1.95. The molecule has 1 aromatic heterocycles. The molecule has 0 saturated carbocycles. The molecule has 2 rings (SSSR count). The third-order valence-corrected chi connectivity index (χ3v) is 3.00. The van der Waals surface area contributed by atoms with Gasteiger partial charge in [0.15, 0.2) is 0 Å². The number of β-amino-alcohol motifs (C(OH)–C–C–N with tert-alkyl or cyclic N) is 2. The van der Waals surface area contributed by atoms with Gasteiger partial charge in [-0.1, -0.05) is 13.8 Å². The number of nitrogens with zero attached hydrogens (tertiary/aromatic N) is 3. The highest BCUT2D eigenvalue weighted by atomic mass is 16.3. The lowest BCUT2D eigenvalue weighted by Crippen LogP contribution is -2.24. The molecular weight excluding hydrogens is 218 g/mol. The third kappa shape index (κ3) is 2.56. The lowest BCUT2D eigenvalue weighted by molar-refractivity contribution is 0.0572. The lowest BCUT2D eigenvalue weighted by atomic mass is 10.1. The van der Waals surface area contributed by atoms with Crippen LogP contribution in [0.25, 0.3) is 0 Å². The number of rotatable bonds is 2. The molecule has 1 fully saturated rings. The summed E-state index contributed by atoms with van der Waals surface area (Å²) in [5.74, 6) is 0.942. The van der Waals surface area contributed by atoms with E-state index in [1.165, 1.54) is 0 Å². The Bertz CT molecular complexity index is 399. The molecule has 0 aromatic carbocycles. The molecule has 2 N–H and O–H groups in total. The van der Waals surface area contributed by atoms with Gasteiger partial charge in [0, 0.05) is 24.5 Å². The van der Waals surface area contributed by atoms with Crippen molar-refractivity contribution in [3.8, 4) is 0 Å². The summed E-state index contributed by atoms with van der Waals surface area (Å²) >= 11 is 0. The van der Waals surface area contributed by atoms with Crippen LogP contribution in [0.15, 0.2) is 6.07 Å². The Morgan fingerprint density at radius 2 is 1.82 bits per heavy atom. The van der Waals surface area contributed by atoms with E-state index < -0.39 is 12.2 Å². The van der Waals surface area contributed by atoms with Crippen molar-refractivity contribution in [3.05, 3.63) is 17.5 Å². The molecular formula is C12H19N3O2. The minimum atomic E-state index is -0.707. The molecule has 1 aromatic rings. The Morgan fingerprint density at radius 3 is 2.35 bits per heavy atom. The Hall–Kier alpha value is -1.20. The average Bonchev–Trinajstić information content (AvgIpc) is 2.58. The van der Waals surface area contributed by atoms with E-state index in [1.807, 2.05) is 17.9 Å². The van der Waals surface area contributed by atoms with Crippen LogP contribution in [0.5, 0.6) is 0 Å². The monoisotopic (exact) mass is 237 g/mol. The summed E-state index contributed by atoms with van der Waals surface area (Å²) in [5, 5.41) is 19.1. The summed E-state index contributed by atoms with van der Waals surface area (Å²) in [7, 11) is 0. The van der Waals surface area contributed by atoms with Gasteiger partial charge in [0.25, 0.3) is 0 Å². The first-order chi connectivity index (χ1) is 7.97. The smallest absolute Gasteiger partial charge is 0.225 e. The zero-order valence-electron chi connectivity index (χ0n) is 10.5. The molecule has 2 unspecified atom stereocenters. The first kappa shape index (κ1) is 12.3. The number of hydrogen-bond acceptors (Lipinski definition) is 5. The van der Waals surface area contributed by atoms with Crippen LogP contribution >= 0.6 is 0 Å². The Balaban J connectivity index is 2.27. The summed E-state index contributed by atoms with van der Waals surface area (Å²) < 4.78 is 0. The molecule has 0 radical (unpaired) electrons. The van der Waals surface area contributed by atoms with E-state index in [4.69, 9.17) is 0 Å². The zero-order valence-corrected chi connectivity index (χ0v) is 10.5. The SMILES string of the molecule is Cc1cc(C(C)C)nc(N2CC(O)C(O)C2)n1. The first-order valence-corrected chi connectivity index (χ1v) is 5.94. The molecule has 1 aliphatic heterocycles. The van der Waals surface area contributed by atoms with E-state index in [-0.39, 0.29) is 0 Å². The second kappa shape index (κ2) is 4.58. The van der Waals surface area contributed by atoms with Gasteiger partial charge in [-0.2, -0.15) is 0 Å². The molecule has 5 nitrogen and oxygen atoms in total. The van der Waals surface area contributed by atoms with Gasteiger partial charge in [-0.15, -0.1) is 0 Å². The van der Waals surface area contributed by atoms with Crippen molar-refractivity contribution in [1.82, 2.24) is 9.97 Å². The van der Waals surface area contributed by atoms with Gasteiger partial charge in [0.1, 0.15) is 0 Å². The highest BCUT2D eigenvalue weighted by molar-refractivity contribution is 5.35. The number of aliphatic hydroxyl groups excluding tert-OH is 2. The Labute approximate surface area is 101 Å². The van der Waals surface area contributed by atoms with Crippen molar-refractivity contribution in [2.24, 2.45) is 0 Å². The van der Waals surface area contributed by atoms with Crippen LogP contribution in [0.4, 0.5) is 5.95 Å². The topological polar surface area (TPSA) is 69.5 Å². The van der Waals surface area contributed by atoms with E-state index in [2.05, 4.69) is 23.8 Å². The van der Waals surface area contributed by atoms with Crippen LogP contribution in [0, 0.1) is 6.92 Å². The largest absolute Gasteiger partial charge is 0.388 e. The quantitative estimate of drug-likeness (QED) is 0.781. The van der Waals surface area contributed by atoms with E-state index in [1.54, 1.807) is 0 Å². The van der Waals surface area contributed by atoms with Crippen molar-refractivity contribution in [2.75, 3.05) is 18.0 Å². The summed E-state index contributed by atoms with van der Waals surface area (Å²) in [4.78, 5) is 10.7. The van der Waals surface area contributed by atoms with Crippen molar-refractivity contribution >= 4 is 5.95 Å². The van der Waals surface area contributed by atoms with Crippen LogP contribution in [0.3, 0.4) is 0 Å². The number of anilines is 1. The minimum absolute atomic E-state index is 0.341. The van der Waals surface area contributed by atoms with Gasteiger partial charge in [0.2, 0.25) is 5.95 Å². The second-order valence-electron chi connectivity index (χ2n) is 4.93. The summed E-state index contributed by atoms with van der Waals surface area (Å²) in [6.45, 7) is 6.88. The zero-order chi connectivity index (χ0) is 12.6. The van der Waals surface area contributed by atoms with Crippen molar-refractivity contribution in [1.29, 1.82) is 0 Å². The van der Waals surface area contributed by atoms with Gasteiger partial charge >= 0.3 is 0 Å². The minimum Gasteiger partial charge on any atom is -0.388 e. The highest BCUT2D eigenvalue weighted by Crippen LogP contribution is 2.20. The number of aromatic nitrogens is 2. The van der Waals surface area contributed by atoms with Crippen molar-refractivity contribution in [2.45, 2.75) is 38.9 Å². The average molecular weight is 237 g/mol. The molecule has 1 aliphatic rings. The molecule has 0 bridgehead atoms. The van der Waals surface area contributed by atoms with Crippen LogP contribution < -0.4 is 4.90 Å². The second-order valence-corrected chi connectivity index (χ2v) is 4.93. The molecule has 0 spiro atoms. The van der Waals surface area contributed by atoms with Crippen LogP contribution in [0.2, 0.25) is 0 Å². The molecule has 5 heteroatoms. The first-order valence-electron chi connectivity index (χ1n) is 5.94. The molecule has 0 amide bonds. The van der Waals surface area contributed by atoms with E-state index >= 15 is 0 Å². The fraction of sp³-hybridized carbons (Fsp3) is 0.667. The van der Waals surface area contributed by atoms with Gasteiger partial charge < -0.3 is 15.1 Å². The molecule has 2 atom stereocenters. The van der Waals surface area contributed by atoms with E-state index in [0.29, 0.717) is 25.0 Å². The molecule has 1 saturated heterocycles. The molecule has 17 heavy (non-hydrogen) atoms. The number of aliphatic hydroxyl groups is 2. The maximum absolute atomic E-state index is 9.53. The van der Waals surface area contributed by atoms with Crippen LogP contribution in [-0.2, 0) is 0 Å². The van der Waals surface area contributed by atoms with Crippen molar-refractivity contribution in [3.63, 3.8) is 0 Å². The van der Waals surface area contributed by atoms with Crippen LogP contribution in [-0.4, -0.2) is 45.5 Å². The third-order valence-electron chi connectivity index (χ3n) is 3.00. The molecule has 0 aliphatic carbocycles. The van der Waals surface area contributed by atoms with Gasteiger partial charge in [0.05, 0.1) is 12.2 Å². The van der Waals surface area contributed by atoms with Gasteiger partial charge in [-0.25, -0.2) is 9.97 Å². The Kier molecular flexibility index (Phi) is 3.31. The molecule has 94 valence electrons. The van der Waals surface area contributed by atoms with Crippen molar-refractivity contribution < 1.29 is 10.2 Å². The standard InChI is InChI=1S/C12H19N3O2/c1-7(2)9-4-8(3)13-12(14-9)15-5-10(16)11(17)6-15/h4,7,10-11,16-17H,5-6H2,1-3H3. The summed E-state index contributed by atoms with van der Waals surface area (Å²) in [5.41, 5.74) is 1.90. The lowest BCUT2D eigenvalue weighted by Gasteiger charge is -2.17. The maximum atomic E-state index is 9.53. The molecule has 2 heterocycles.